The SMILES string of the molecule is OC(CNc1cccc(F)c1)COCc1ccccc1F. The quantitative estimate of drug-likeness (QED) is 0.824. The first-order chi connectivity index (χ1) is 10.1. The third-order valence-electron chi connectivity index (χ3n) is 2.89. The molecule has 112 valence electrons. The maximum Gasteiger partial charge on any atom is 0.128 e. The minimum absolute atomic E-state index is 0.0661. The number of anilines is 1. The van der Waals surface area contributed by atoms with Crippen molar-refractivity contribution in [1.82, 2.24) is 0 Å². The van der Waals surface area contributed by atoms with E-state index in [-0.39, 0.29) is 31.4 Å². The van der Waals surface area contributed by atoms with E-state index >= 15 is 0 Å². The van der Waals surface area contributed by atoms with Crippen molar-refractivity contribution in [2.75, 3.05) is 18.5 Å². The highest BCUT2D eigenvalue weighted by atomic mass is 19.1. The van der Waals surface area contributed by atoms with Crippen molar-refractivity contribution in [3.8, 4) is 0 Å². The first-order valence-corrected chi connectivity index (χ1v) is 6.64. The van der Waals surface area contributed by atoms with E-state index < -0.39 is 6.10 Å². The lowest BCUT2D eigenvalue weighted by Gasteiger charge is -2.13. The summed E-state index contributed by atoms with van der Waals surface area (Å²) in [5, 5.41) is 12.7. The van der Waals surface area contributed by atoms with Crippen LogP contribution in [-0.2, 0) is 11.3 Å². The summed E-state index contributed by atoms with van der Waals surface area (Å²) < 4.78 is 31.6. The van der Waals surface area contributed by atoms with E-state index in [1.807, 2.05) is 0 Å². The maximum absolute atomic E-state index is 13.3. The second kappa shape index (κ2) is 7.71. The van der Waals surface area contributed by atoms with Gasteiger partial charge >= 0.3 is 0 Å². The molecular weight excluding hydrogens is 276 g/mol. The number of aliphatic hydroxyl groups excluding tert-OH is 1. The monoisotopic (exact) mass is 293 g/mol. The molecule has 2 aromatic rings. The fourth-order valence-electron chi connectivity index (χ4n) is 1.81. The molecule has 0 amide bonds. The topological polar surface area (TPSA) is 41.5 Å². The Hall–Kier alpha value is -1.98. The molecule has 0 aliphatic heterocycles. The standard InChI is InChI=1S/C16H17F2NO2/c17-13-5-3-6-14(8-13)19-9-15(20)11-21-10-12-4-1-2-7-16(12)18/h1-8,15,19-20H,9-11H2. The first-order valence-electron chi connectivity index (χ1n) is 6.64. The molecule has 0 aliphatic carbocycles. The predicted molar refractivity (Wildman–Crippen MR) is 77.0 cm³/mol. The third-order valence-corrected chi connectivity index (χ3v) is 2.89. The predicted octanol–water partition coefficient (Wildman–Crippen LogP) is 2.95. The van der Waals surface area contributed by atoms with E-state index in [0.29, 0.717) is 11.3 Å². The van der Waals surface area contributed by atoms with Gasteiger partial charge in [0.05, 0.1) is 19.3 Å². The summed E-state index contributed by atoms with van der Waals surface area (Å²) in [7, 11) is 0. The van der Waals surface area contributed by atoms with E-state index in [1.165, 1.54) is 18.2 Å². The van der Waals surface area contributed by atoms with Crippen LogP contribution in [0.3, 0.4) is 0 Å². The fraction of sp³-hybridized carbons (Fsp3) is 0.250. The first kappa shape index (κ1) is 15.4. The van der Waals surface area contributed by atoms with Crippen LogP contribution in [0.5, 0.6) is 0 Å². The summed E-state index contributed by atoms with van der Waals surface area (Å²) in [5.74, 6) is -0.671. The maximum atomic E-state index is 13.3. The summed E-state index contributed by atoms with van der Waals surface area (Å²) in [6, 6.07) is 12.3. The number of nitrogens with one attached hydrogen (secondary N) is 1. The number of hydrogen-bond acceptors (Lipinski definition) is 3. The number of aliphatic hydroxyl groups is 1. The number of hydrogen-bond donors (Lipinski definition) is 2. The minimum Gasteiger partial charge on any atom is -0.389 e. The van der Waals surface area contributed by atoms with Crippen LogP contribution in [0.1, 0.15) is 5.56 Å². The van der Waals surface area contributed by atoms with Crippen LogP contribution in [-0.4, -0.2) is 24.4 Å². The highest BCUT2D eigenvalue weighted by Crippen LogP contribution is 2.10. The zero-order valence-electron chi connectivity index (χ0n) is 11.4. The van der Waals surface area contributed by atoms with Crippen molar-refractivity contribution in [1.29, 1.82) is 0 Å². The molecule has 0 radical (unpaired) electrons. The van der Waals surface area contributed by atoms with Gasteiger partial charge in [-0.15, -0.1) is 0 Å². The zero-order valence-corrected chi connectivity index (χ0v) is 11.4. The van der Waals surface area contributed by atoms with Crippen LogP contribution in [0, 0.1) is 11.6 Å². The largest absolute Gasteiger partial charge is 0.389 e. The average Bonchev–Trinajstić information content (AvgIpc) is 2.47. The van der Waals surface area contributed by atoms with Gasteiger partial charge in [0.25, 0.3) is 0 Å². The minimum atomic E-state index is -0.764. The lowest BCUT2D eigenvalue weighted by atomic mass is 10.2. The molecule has 0 fully saturated rings. The summed E-state index contributed by atoms with van der Waals surface area (Å²) in [5.41, 5.74) is 1.03. The highest BCUT2D eigenvalue weighted by Gasteiger charge is 2.06. The molecule has 2 aromatic carbocycles. The van der Waals surface area contributed by atoms with Gasteiger partial charge in [-0.1, -0.05) is 24.3 Å². The van der Waals surface area contributed by atoms with Gasteiger partial charge in [-0.3, -0.25) is 0 Å². The molecule has 0 saturated carbocycles. The van der Waals surface area contributed by atoms with Crippen LogP contribution in [0.4, 0.5) is 14.5 Å². The van der Waals surface area contributed by atoms with Crippen LogP contribution < -0.4 is 5.32 Å². The number of ether oxygens (including phenoxy) is 1. The second-order valence-corrected chi connectivity index (χ2v) is 4.65. The summed E-state index contributed by atoms with van der Waals surface area (Å²) >= 11 is 0. The molecule has 0 spiro atoms. The Morgan fingerprint density at radius 2 is 1.90 bits per heavy atom. The molecule has 0 aliphatic rings. The molecular formula is C16H17F2NO2. The summed E-state index contributed by atoms with van der Waals surface area (Å²) in [4.78, 5) is 0. The van der Waals surface area contributed by atoms with Gasteiger partial charge in [0.1, 0.15) is 11.6 Å². The van der Waals surface area contributed by atoms with Crippen molar-refractivity contribution in [2.24, 2.45) is 0 Å². The Bertz CT molecular complexity index is 578. The molecule has 1 unspecified atom stereocenters. The van der Waals surface area contributed by atoms with E-state index in [9.17, 15) is 13.9 Å². The molecule has 3 nitrogen and oxygen atoms in total. The van der Waals surface area contributed by atoms with Gasteiger partial charge < -0.3 is 15.2 Å². The molecule has 1 atom stereocenters. The van der Waals surface area contributed by atoms with Crippen molar-refractivity contribution in [3.05, 3.63) is 65.7 Å². The molecule has 0 bridgehead atoms. The normalized spacial score (nSPS) is 12.1. The highest BCUT2D eigenvalue weighted by molar-refractivity contribution is 5.43. The van der Waals surface area contributed by atoms with Gasteiger partial charge in [-0.2, -0.15) is 0 Å². The van der Waals surface area contributed by atoms with Gasteiger partial charge in [0, 0.05) is 17.8 Å². The van der Waals surface area contributed by atoms with E-state index in [0.717, 1.165) is 0 Å². The Labute approximate surface area is 122 Å². The number of halogens is 2. The molecule has 21 heavy (non-hydrogen) atoms. The third kappa shape index (κ3) is 5.13. The Kier molecular flexibility index (Phi) is 5.66. The van der Waals surface area contributed by atoms with Crippen molar-refractivity contribution in [3.63, 3.8) is 0 Å². The van der Waals surface area contributed by atoms with Gasteiger partial charge in [-0.25, -0.2) is 8.78 Å². The number of rotatable bonds is 7. The smallest absolute Gasteiger partial charge is 0.128 e. The fourth-order valence-corrected chi connectivity index (χ4v) is 1.81. The second-order valence-electron chi connectivity index (χ2n) is 4.65. The molecule has 2 N–H and O–H groups in total. The van der Waals surface area contributed by atoms with Crippen molar-refractivity contribution >= 4 is 5.69 Å². The summed E-state index contributed by atoms with van der Waals surface area (Å²) in [6.45, 7) is 0.390. The lowest BCUT2D eigenvalue weighted by Crippen LogP contribution is -2.24. The average molecular weight is 293 g/mol. The van der Waals surface area contributed by atoms with E-state index in [4.69, 9.17) is 4.74 Å². The lowest BCUT2D eigenvalue weighted by molar-refractivity contribution is 0.0338. The Morgan fingerprint density at radius 1 is 1.10 bits per heavy atom. The van der Waals surface area contributed by atoms with Crippen LogP contribution in [0.2, 0.25) is 0 Å². The van der Waals surface area contributed by atoms with Gasteiger partial charge in [0.15, 0.2) is 0 Å². The van der Waals surface area contributed by atoms with Crippen molar-refractivity contribution < 1.29 is 18.6 Å². The number of benzene rings is 2. The van der Waals surface area contributed by atoms with Crippen LogP contribution >= 0.6 is 0 Å². The molecule has 0 heterocycles. The molecule has 2 rings (SSSR count). The summed E-state index contributed by atoms with van der Waals surface area (Å²) in [6.07, 6.45) is -0.764. The molecule has 0 aromatic heterocycles. The Balaban J connectivity index is 1.70. The van der Waals surface area contributed by atoms with Gasteiger partial charge in [0.2, 0.25) is 0 Å². The van der Waals surface area contributed by atoms with E-state index in [2.05, 4.69) is 5.32 Å². The van der Waals surface area contributed by atoms with Crippen LogP contribution in [0.15, 0.2) is 48.5 Å². The van der Waals surface area contributed by atoms with Crippen molar-refractivity contribution in [2.45, 2.75) is 12.7 Å². The van der Waals surface area contributed by atoms with Gasteiger partial charge in [-0.05, 0) is 24.3 Å². The zero-order chi connectivity index (χ0) is 15.1. The van der Waals surface area contributed by atoms with Crippen LogP contribution in [0.25, 0.3) is 0 Å². The molecule has 5 heteroatoms. The van der Waals surface area contributed by atoms with E-state index in [1.54, 1.807) is 30.3 Å². The molecule has 0 saturated heterocycles. The Morgan fingerprint density at radius 3 is 2.67 bits per heavy atom.